The SMILES string of the molecule is Cc1cc2c(cc1O)[C@H](COC(=O)C(C)C)CC[C@H]2C(C)C. The maximum absolute atomic E-state index is 11.7. The van der Waals surface area contributed by atoms with Crippen LogP contribution < -0.4 is 0 Å². The molecule has 122 valence electrons. The van der Waals surface area contributed by atoms with Gasteiger partial charge in [0.2, 0.25) is 0 Å². The van der Waals surface area contributed by atoms with E-state index < -0.39 is 0 Å². The summed E-state index contributed by atoms with van der Waals surface area (Å²) in [6, 6.07) is 4.00. The summed E-state index contributed by atoms with van der Waals surface area (Å²) in [5.41, 5.74) is 3.40. The van der Waals surface area contributed by atoms with Crippen molar-refractivity contribution >= 4 is 5.97 Å². The molecule has 1 aromatic carbocycles. The number of carbonyl (C=O) groups excluding carboxylic acids is 1. The molecule has 3 heteroatoms. The van der Waals surface area contributed by atoms with E-state index in [0.717, 1.165) is 24.0 Å². The molecule has 1 aliphatic carbocycles. The van der Waals surface area contributed by atoms with E-state index in [-0.39, 0.29) is 17.8 Å². The average Bonchev–Trinajstić information content (AvgIpc) is 2.45. The third kappa shape index (κ3) is 3.45. The fourth-order valence-electron chi connectivity index (χ4n) is 3.32. The van der Waals surface area contributed by atoms with Crippen LogP contribution in [0.2, 0.25) is 0 Å². The molecule has 0 amide bonds. The first kappa shape index (κ1) is 16.9. The second kappa shape index (κ2) is 6.72. The topological polar surface area (TPSA) is 46.5 Å². The predicted octanol–water partition coefficient (Wildman–Crippen LogP) is 4.52. The highest BCUT2D eigenvalue weighted by molar-refractivity contribution is 5.71. The number of ether oxygens (including phenoxy) is 1. The van der Waals surface area contributed by atoms with Gasteiger partial charge in [0.15, 0.2) is 0 Å². The molecule has 1 N–H and O–H groups in total. The van der Waals surface area contributed by atoms with Crippen LogP contribution in [0.3, 0.4) is 0 Å². The van der Waals surface area contributed by atoms with Crippen LogP contribution in [0.15, 0.2) is 12.1 Å². The summed E-state index contributed by atoms with van der Waals surface area (Å²) in [7, 11) is 0. The average molecular weight is 304 g/mol. The number of aromatic hydroxyl groups is 1. The first-order valence-corrected chi connectivity index (χ1v) is 8.31. The summed E-state index contributed by atoms with van der Waals surface area (Å²) in [6.45, 7) is 10.5. The first-order chi connectivity index (χ1) is 10.3. The lowest BCUT2D eigenvalue weighted by atomic mass is 9.72. The lowest BCUT2D eigenvalue weighted by Gasteiger charge is -2.34. The van der Waals surface area contributed by atoms with E-state index >= 15 is 0 Å². The Hall–Kier alpha value is -1.51. The van der Waals surface area contributed by atoms with Gasteiger partial charge in [0.25, 0.3) is 0 Å². The molecule has 2 rings (SSSR count). The third-order valence-corrected chi connectivity index (χ3v) is 4.77. The van der Waals surface area contributed by atoms with Crippen LogP contribution in [0.5, 0.6) is 5.75 Å². The smallest absolute Gasteiger partial charge is 0.308 e. The number of aryl methyl sites for hydroxylation is 1. The number of esters is 1. The minimum atomic E-state index is -0.149. The van der Waals surface area contributed by atoms with Gasteiger partial charge in [0.1, 0.15) is 5.75 Å². The largest absolute Gasteiger partial charge is 0.508 e. The van der Waals surface area contributed by atoms with Gasteiger partial charge in [0, 0.05) is 5.92 Å². The van der Waals surface area contributed by atoms with E-state index in [0.29, 0.717) is 24.2 Å². The summed E-state index contributed by atoms with van der Waals surface area (Å²) in [4.78, 5) is 11.7. The van der Waals surface area contributed by atoms with Crippen molar-refractivity contribution in [3.05, 3.63) is 28.8 Å². The van der Waals surface area contributed by atoms with Crippen LogP contribution in [0.4, 0.5) is 0 Å². The van der Waals surface area contributed by atoms with Crippen molar-refractivity contribution in [2.24, 2.45) is 11.8 Å². The Morgan fingerprint density at radius 3 is 2.50 bits per heavy atom. The first-order valence-electron chi connectivity index (χ1n) is 8.31. The Balaban J connectivity index is 2.27. The number of benzene rings is 1. The van der Waals surface area contributed by atoms with Crippen molar-refractivity contribution in [3.8, 4) is 5.75 Å². The number of hydrogen-bond acceptors (Lipinski definition) is 3. The zero-order chi connectivity index (χ0) is 16.4. The molecule has 0 saturated heterocycles. The van der Waals surface area contributed by atoms with Crippen molar-refractivity contribution in [1.82, 2.24) is 0 Å². The predicted molar refractivity (Wildman–Crippen MR) is 88.2 cm³/mol. The quantitative estimate of drug-likeness (QED) is 0.832. The highest BCUT2D eigenvalue weighted by atomic mass is 16.5. The third-order valence-electron chi connectivity index (χ3n) is 4.77. The van der Waals surface area contributed by atoms with Crippen molar-refractivity contribution in [3.63, 3.8) is 0 Å². The van der Waals surface area contributed by atoms with Gasteiger partial charge in [-0.05, 0) is 54.4 Å². The van der Waals surface area contributed by atoms with Gasteiger partial charge < -0.3 is 9.84 Å². The van der Waals surface area contributed by atoms with E-state index in [1.165, 1.54) is 5.56 Å². The molecule has 0 heterocycles. The van der Waals surface area contributed by atoms with Crippen LogP contribution in [-0.4, -0.2) is 17.7 Å². The van der Waals surface area contributed by atoms with Crippen LogP contribution in [-0.2, 0) is 9.53 Å². The molecule has 0 aliphatic heterocycles. The molecule has 22 heavy (non-hydrogen) atoms. The molecular formula is C19H28O3. The highest BCUT2D eigenvalue weighted by Gasteiger charge is 2.30. The molecule has 0 fully saturated rings. The van der Waals surface area contributed by atoms with Gasteiger partial charge in [-0.25, -0.2) is 0 Å². The van der Waals surface area contributed by atoms with Crippen molar-refractivity contribution in [2.45, 2.75) is 59.3 Å². The Morgan fingerprint density at radius 2 is 1.91 bits per heavy atom. The standard InChI is InChI=1S/C19H28O3/c1-11(2)15-7-6-14(10-22-19(21)12(3)4)16-9-18(20)13(5)8-17(15)16/h8-9,11-12,14-15,20H,6-7,10H2,1-5H3/t14-,15-/m0/s1. The monoisotopic (exact) mass is 304 g/mol. The van der Waals surface area contributed by atoms with Gasteiger partial charge in [-0.2, -0.15) is 0 Å². The Labute approximate surface area is 133 Å². The zero-order valence-electron chi connectivity index (χ0n) is 14.3. The van der Waals surface area contributed by atoms with E-state index in [4.69, 9.17) is 4.74 Å². The Morgan fingerprint density at radius 1 is 1.23 bits per heavy atom. The lowest BCUT2D eigenvalue weighted by Crippen LogP contribution is -2.23. The van der Waals surface area contributed by atoms with Crippen molar-refractivity contribution < 1.29 is 14.6 Å². The van der Waals surface area contributed by atoms with Crippen LogP contribution in [0, 0.1) is 18.8 Å². The van der Waals surface area contributed by atoms with Gasteiger partial charge in [-0.1, -0.05) is 33.8 Å². The molecule has 0 bridgehead atoms. The summed E-state index contributed by atoms with van der Waals surface area (Å²) < 4.78 is 5.45. The molecule has 3 nitrogen and oxygen atoms in total. The molecule has 2 atom stereocenters. The van der Waals surface area contributed by atoms with Crippen LogP contribution >= 0.6 is 0 Å². The molecule has 0 saturated carbocycles. The summed E-state index contributed by atoms with van der Waals surface area (Å²) in [5, 5.41) is 10.1. The Kier molecular flexibility index (Phi) is 5.15. The molecule has 1 aliphatic rings. The second-order valence-corrected chi connectivity index (χ2v) is 7.18. The number of rotatable bonds is 4. The number of phenols is 1. The summed E-state index contributed by atoms with van der Waals surface area (Å²) in [6.07, 6.45) is 2.11. The van der Waals surface area contributed by atoms with Crippen molar-refractivity contribution in [1.29, 1.82) is 0 Å². The fourth-order valence-corrected chi connectivity index (χ4v) is 3.32. The van der Waals surface area contributed by atoms with Gasteiger partial charge >= 0.3 is 5.97 Å². The minimum Gasteiger partial charge on any atom is -0.508 e. The normalized spacial score (nSPS) is 21.0. The minimum absolute atomic E-state index is 0.0992. The molecular weight excluding hydrogens is 276 g/mol. The van der Waals surface area contributed by atoms with E-state index in [1.54, 1.807) is 0 Å². The Bertz CT molecular complexity index is 546. The van der Waals surface area contributed by atoms with E-state index in [1.807, 2.05) is 26.8 Å². The molecule has 0 unspecified atom stereocenters. The summed E-state index contributed by atoms with van der Waals surface area (Å²) in [5.74, 6) is 1.37. The maximum atomic E-state index is 11.7. The molecule has 1 aromatic rings. The zero-order valence-corrected chi connectivity index (χ0v) is 14.3. The fraction of sp³-hybridized carbons (Fsp3) is 0.632. The van der Waals surface area contributed by atoms with E-state index in [2.05, 4.69) is 19.9 Å². The number of phenolic OH excluding ortho intramolecular Hbond substituents is 1. The van der Waals surface area contributed by atoms with Gasteiger partial charge in [-0.3, -0.25) is 4.79 Å². The highest BCUT2D eigenvalue weighted by Crippen LogP contribution is 2.44. The second-order valence-electron chi connectivity index (χ2n) is 7.18. The van der Waals surface area contributed by atoms with Gasteiger partial charge in [-0.15, -0.1) is 0 Å². The molecule has 0 aromatic heterocycles. The van der Waals surface area contributed by atoms with Crippen molar-refractivity contribution in [2.75, 3.05) is 6.61 Å². The van der Waals surface area contributed by atoms with E-state index in [9.17, 15) is 9.90 Å². The van der Waals surface area contributed by atoms with Gasteiger partial charge in [0.05, 0.1) is 12.5 Å². The molecule has 0 spiro atoms. The molecule has 0 radical (unpaired) electrons. The number of fused-ring (bicyclic) bond motifs is 1. The van der Waals surface area contributed by atoms with Crippen LogP contribution in [0.1, 0.15) is 69.1 Å². The van der Waals surface area contributed by atoms with Crippen LogP contribution in [0.25, 0.3) is 0 Å². The number of hydrogen-bond donors (Lipinski definition) is 1. The maximum Gasteiger partial charge on any atom is 0.308 e. The summed E-state index contributed by atoms with van der Waals surface area (Å²) >= 11 is 0. The lowest BCUT2D eigenvalue weighted by molar-refractivity contribution is -0.148. The number of carbonyl (C=O) groups is 1.